The van der Waals surface area contributed by atoms with E-state index < -0.39 is 0 Å². The second-order valence-electron chi connectivity index (χ2n) is 8.24. The van der Waals surface area contributed by atoms with E-state index in [1.165, 1.54) is 0 Å². The van der Waals surface area contributed by atoms with E-state index in [1.54, 1.807) is 17.8 Å². The summed E-state index contributed by atoms with van der Waals surface area (Å²) in [5.74, 6) is 0.541. The molecule has 0 unspecified atom stereocenters. The summed E-state index contributed by atoms with van der Waals surface area (Å²) in [4.78, 5) is 19.0. The van der Waals surface area contributed by atoms with Gasteiger partial charge in [0.1, 0.15) is 5.75 Å². The molecule has 1 aliphatic rings. The maximum Gasteiger partial charge on any atom is 0.340 e. The highest BCUT2D eigenvalue weighted by Crippen LogP contribution is 2.37. The van der Waals surface area contributed by atoms with Crippen LogP contribution in [-0.2, 0) is 24.1 Å². The van der Waals surface area contributed by atoms with Crippen molar-refractivity contribution in [2.75, 3.05) is 39.8 Å². The summed E-state index contributed by atoms with van der Waals surface area (Å²) in [6.07, 6.45) is 0. The Labute approximate surface area is 193 Å². The van der Waals surface area contributed by atoms with Gasteiger partial charge in [0.15, 0.2) is 0 Å². The van der Waals surface area contributed by atoms with Gasteiger partial charge in [0.2, 0.25) is 0 Å². The second kappa shape index (κ2) is 9.98. The first-order valence-corrected chi connectivity index (χ1v) is 12.1. The number of benzene rings is 2. The van der Waals surface area contributed by atoms with Crippen LogP contribution in [0.25, 0.3) is 10.9 Å². The van der Waals surface area contributed by atoms with Crippen LogP contribution in [-0.4, -0.2) is 65.3 Å². The Morgan fingerprint density at radius 3 is 2.47 bits per heavy atom. The molecule has 7 heteroatoms. The first-order chi connectivity index (χ1) is 15.5. The molecule has 0 spiro atoms. The first-order valence-electron chi connectivity index (χ1n) is 11.1. The number of rotatable bonds is 7. The van der Waals surface area contributed by atoms with Crippen LogP contribution in [0.15, 0.2) is 47.4 Å². The lowest BCUT2D eigenvalue weighted by molar-refractivity contribution is 0.0527. The SMILES string of the molecule is CCOC(=O)c1c(CSc2ccccc2)n(C)c2ccc(O)c(CN3CCN(C)CC3)c12. The van der Waals surface area contributed by atoms with Crippen LogP contribution in [0.3, 0.4) is 0 Å². The van der Waals surface area contributed by atoms with Gasteiger partial charge in [-0.25, -0.2) is 4.79 Å². The van der Waals surface area contributed by atoms with Gasteiger partial charge in [-0.1, -0.05) is 18.2 Å². The summed E-state index contributed by atoms with van der Waals surface area (Å²) in [5.41, 5.74) is 3.24. The van der Waals surface area contributed by atoms with Crippen LogP contribution in [0.2, 0.25) is 0 Å². The molecule has 0 saturated carbocycles. The minimum absolute atomic E-state index is 0.231. The number of esters is 1. The number of hydrogen-bond donors (Lipinski definition) is 1. The van der Waals surface area contributed by atoms with E-state index in [-0.39, 0.29) is 11.7 Å². The van der Waals surface area contributed by atoms with Gasteiger partial charge in [0.05, 0.1) is 12.2 Å². The average Bonchev–Trinajstić information content (AvgIpc) is 3.08. The van der Waals surface area contributed by atoms with Crippen molar-refractivity contribution in [3.8, 4) is 5.75 Å². The Bertz CT molecular complexity index is 1090. The predicted molar refractivity (Wildman–Crippen MR) is 129 cm³/mol. The molecule has 4 rings (SSSR count). The van der Waals surface area contributed by atoms with Gasteiger partial charge in [-0.05, 0) is 38.2 Å². The van der Waals surface area contributed by atoms with Gasteiger partial charge >= 0.3 is 5.97 Å². The second-order valence-corrected chi connectivity index (χ2v) is 9.29. The van der Waals surface area contributed by atoms with Crippen LogP contribution in [0, 0.1) is 0 Å². The van der Waals surface area contributed by atoms with Crippen molar-refractivity contribution in [1.82, 2.24) is 14.4 Å². The molecule has 0 atom stereocenters. The number of aromatic hydroxyl groups is 1. The molecule has 2 aromatic carbocycles. The Kier molecular flexibility index (Phi) is 7.08. The number of hydrogen-bond acceptors (Lipinski definition) is 6. The van der Waals surface area contributed by atoms with Gasteiger partial charge in [-0.2, -0.15) is 0 Å². The molecular weight excluding hydrogens is 422 g/mol. The van der Waals surface area contributed by atoms with E-state index in [0.717, 1.165) is 53.2 Å². The number of aromatic nitrogens is 1. The summed E-state index contributed by atoms with van der Waals surface area (Å²) in [7, 11) is 4.12. The van der Waals surface area contributed by atoms with E-state index in [1.807, 2.05) is 38.2 Å². The van der Waals surface area contributed by atoms with Crippen LogP contribution in [0.4, 0.5) is 0 Å². The fourth-order valence-corrected chi connectivity index (χ4v) is 5.28. The maximum atomic E-state index is 13.2. The molecular formula is C25H31N3O3S. The Balaban J connectivity index is 1.78. The number of piperazine rings is 1. The van der Waals surface area contributed by atoms with Crippen molar-refractivity contribution >= 4 is 28.6 Å². The molecule has 1 N–H and O–H groups in total. The van der Waals surface area contributed by atoms with Crippen molar-refractivity contribution in [1.29, 1.82) is 0 Å². The van der Waals surface area contributed by atoms with E-state index in [9.17, 15) is 9.90 Å². The standard InChI is InChI=1S/C25H31N3O3S/c1-4-31-25(30)24-21(17-32-18-8-6-5-7-9-18)27(3)20-10-11-22(29)19(23(20)24)16-28-14-12-26(2)13-15-28/h5-11,29H,4,12-17H2,1-3H3. The van der Waals surface area contributed by atoms with Gasteiger partial charge in [-0.15, -0.1) is 11.8 Å². The zero-order valence-electron chi connectivity index (χ0n) is 19.0. The Hall–Kier alpha value is -2.48. The summed E-state index contributed by atoms with van der Waals surface area (Å²) in [6.45, 7) is 6.61. The number of thioether (sulfide) groups is 1. The molecule has 3 aromatic rings. The quantitative estimate of drug-likeness (QED) is 0.429. The lowest BCUT2D eigenvalue weighted by Gasteiger charge is -2.32. The highest BCUT2D eigenvalue weighted by molar-refractivity contribution is 7.98. The normalized spacial score (nSPS) is 15.3. The van der Waals surface area contributed by atoms with Gasteiger partial charge in [0, 0.05) is 72.6 Å². The molecule has 6 nitrogen and oxygen atoms in total. The summed E-state index contributed by atoms with van der Waals surface area (Å²) >= 11 is 1.69. The monoisotopic (exact) mass is 453 g/mol. The third-order valence-electron chi connectivity index (χ3n) is 6.15. The third-order valence-corrected chi connectivity index (χ3v) is 7.17. The number of nitrogens with zero attached hydrogens (tertiary/aromatic N) is 3. The number of aryl methyl sites for hydroxylation is 1. The molecule has 1 aromatic heterocycles. The molecule has 0 amide bonds. The van der Waals surface area contributed by atoms with Crippen molar-refractivity contribution in [2.45, 2.75) is 24.1 Å². The maximum absolute atomic E-state index is 13.2. The van der Waals surface area contributed by atoms with Crippen molar-refractivity contribution in [2.24, 2.45) is 7.05 Å². The number of likely N-dealkylation sites (N-methyl/N-ethyl adjacent to an activating group) is 1. The zero-order chi connectivity index (χ0) is 22.7. The highest BCUT2D eigenvalue weighted by atomic mass is 32.2. The third kappa shape index (κ3) is 4.65. The van der Waals surface area contributed by atoms with E-state index in [4.69, 9.17) is 4.74 Å². The Morgan fingerprint density at radius 1 is 1.06 bits per heavy atom. The number of ether oxygens (including phenoxy) is 1. The number of phenols is 1. The van der Waals surface area contributed by atoms with Gasteiger partial charge < -0.3 is 19.3 Å². The lowest BCUT2D eigenvalue weighted by atomic mass is 10.0. The van der Waals surface area contributed by atoms with E-state index >= 15 is 0 Å². The van der Waals surface area contributed by atoms with Crippen LogP contribution < -0.4 is 0 Å². The zero-order valence-corrected chi connectivity index (χ0v) is 19.8. The van der Waals surface area contributed by atoms with Crippen LogP contribution in [0.5, 0.6) is 5.75 Å². The predicted octanol–water partition coefficient (Wildman–Crippen LogP) is 4.10. The topological polar surface area (TPSA) is 57.9 Å². The molecule has 32 heavy (non-hydrogen) atoms. The lowest BCUT2D eigenvalue weighted by Crippen LogP contribution is -2.43. The molecule has 1 saturated heterocycles. The van der Waals surface area contributed by atoms with Crippen molar-refractivity contribution in [3.05, 3.63) is 59.3 Å². The van der Waals surface area contributed by atoms with E-state index in [0.29, 0.717) is 24.5 Å². The van der Waals surface area contributed by atoms with Crippen LogP contribution >= 0.6 is 11.8 Å². The number of phenolic OH excluding ortho intramolecular Hbond substituents is 1. The fourth-order valence-electron chi connectivity index (χ4n) is 4.29. The van der Waals surface area contributed by atoms with Gasteiger partial charge in [0.25, 0.3) is 0 Å². The summed E-state index contributed by atoms with van der Waals surface area (Å²) in [5, 5.41) is 11.6. The number of fused-ring (bicyclic) bond motifs is 1. The van der Waals surface area contributed by atoms with Crippen LogP contribution in [0.1, 0.15) is 28.5 Å². The smallest absolute Gasteiger partial charge is 0.340 e. The molecule has 0 aliphatic carbocycles. The largest absolute Gasteiger partial charge is 0.508 e. The fraction of sp³-hybridized carbons (Fsp3) is 0.400. The minimum atomic E-state index is -0.327. The van der Waals surface area contributed by atoms with Crippen molar-refractivity contribution in [3.63, 3.8) is 0 Å². The first kappa shape index (κ1) is 22.7. The minimum Gasteiger partial charge on any atom is -0.508 e. The average molecular weight is 454 g/mol. The molecule has 2 heterocycles. The van der Waals surface area contributed by atoms with Gasteiger partial charge in [-0.3, -0.25) is 4.90 Å². The Morgan fingerprint density at radius 2 is 1.78 bits per heavy atom. The highest BCUT2D eigenvalue weighted by Gasteiger charge is 2.27. The molecule has 0 bridgehead atoms. The molecule has 1 aliphatic heterocycles. The van der Waals surface area contributed by atoms with Crippen molar-refractivity contribution < 1.29 is 14.6 Å². The summed E-state index contributed by atoms with van der Waals surface area (Å²) in [6, 6.07) is 13.8. The number of carbonyl (C=O) groups is 1. The number of carbonyl (C=O) groups excluding carboxylic acids is 1. The molecule has 1 fully saturated rings. The molecule has 170 valence electrons. The summed E-state index contributed by atoms with van der Waals surface area (Å²) < 4.78 is 7.55. The van der Waals surface area contributed by atoms with E-state index in [2.05, 4.69) is 33.5 Å². The molecule has 0 radical (unpaired) electrons.